The largest absolute Gasteiger partial charge is 0.385 e. The molecule has 2 heterocycles. The van der Waals surface area contributed by atoms with Crippen molar-refractivity contribution in [2.45, 2.75) is 16.8 Å². The van der Waals surface area contributed by atoms with Crippen LogP contribution in [-0.4, -0.2) is 44.3 Å². The van der Waals surface area contributed by atoms with Gasteiger partial charge in [0.1, 0.15) is 23.7 Å². The maximum atomic E-state index is 9.40. The molecule has 2 aliphatic heterocycles. The van der Waals surface area contributed by atoms with Gasteiger partial charge >= 0.3 is 0 Å². The number of aliphatic hydroxyl groups excluding tert-OH is 2. The standard InChI is InChI=1S/C6H11O2S2/c7-4-3-10-2-1-9-6(10)5(4)8/h4-8H,1-3H2/q+1/t4-,5-,6-,10?/m1/s1. The molecular formula is C6H11O2S2+. The van der Waals surface area contributed by atoms with Crippen molar-refractivity contribution < 1.29 is 10.2 Å². The zero-order chi connectivity index (χ0) is 7.14. The summed E-state index contributed by atoms with van der Waals surface area (Å²) in [7, 11) is 0.335. The number of rotatable bonds is 0. The molecule has 0 aromatic carbocycles. The van der Waals surface area contributed by atoms with Crippen LogP contribution in [0.3, 0.4) is 0 Å². The molecule has 2 N–H and O–H groups in total. The van der Waals surface area contributed by atoms with Gasteiger partial charge in [0.15, 0.2) is 4.58 Å². The van der Waals surface area contributed by atoms with Crippen LogP contribution in [0, 0.1) is 0 Å². The summed E-state index contributed by atoms with van der Waals surface area (Å²) in [6, 6.07) is 0. The Morgan fingerprint density at radius 2 is 2.20 bits per heavy atom. The Morgan fingerprint density at radius 3 is 2.90 bits per heavy atom. The highest BCUT2D eigenvalue weighted by Gasteiger charge is 2.52. The van der Waals surface area contributed by atoms with E-state index in [1.54, 1.807) is 0 Å². The van der Waals surface area contributed by atoms with Crippen molar-refractivity contribution in [1.82, 2.24) is 0 Å². The lowest BCUT2D eigenvalue weighted by Crippen LogP contribution is -2.27. The molecule has 1 unspecified atom stereocenters. The topological polar surface area (TPSA) is 40.5 Å². The average molecular weight is 179 g/mol. The van der Waals surface area contributed by atoms with Crippen LogP contribution >= 0.6 is 11.8 Å². The van der Waals surface area contributed by atoms with Gasteiger partial charge in [0.05, 0.1) is 0 Å². The predicted octanol–water partition coefficient (Wildman–Crippen LogP) is -0.587. The van der Waals surface area contributed by atoms with E-state index in [4.69, 9.17) is 0 Å². The molecule has 0 aromatic rings. The van der Waals surface area contributed by atoms with Gasteiger partial charge in [0.25, 0.3) is 0 Å². The van der Waals surface area contributed by atoms with Gasteiger partial charge in [0, 0.05) is 16.6 Å². The Kier molecular flexibility index (Phi) is 1.88. The third-order valence-corrected chi connectivity index (χ3v) is 6.98. The monoisotopic (exact) mass is 179 g/mol. The van der Waals surface area contributed by atoms with E-state index in [1.165, 1.54) is 11.5 Å². The van der Waals surface area contributed by atoms with E-state index >= 15 is 0 Å². The summed E-state index contributed by atoms with van der Waals surface area (Å²) in [5, 5.41) is 18.7. The number of hydrogen-bond acceptors (Lipinski definition) is 3. The van der Waals surface area contributed by atoms with E-state index in [0.29, 0.717) is 15.5 Å². The van der Waals surface area contributed by atoms with Gasteiger partial charge in [0.2, 0.25) is 0 Å². The van der Waals surface area contributed by atoms with Crippen LogP contribution in [0.15, 0.2) is 0 Å². The van der Waals surface area contributed by atoms with Crippen molar-refractivity contribution in [2.24, 2.45) is 0 Å². The van der Waals surface area contributed by atoms with Crippen LogP contribution in [-0.2, 0) is 10.9 Å². The van der Waals surface area contributed by atoms with Crippen molar-refractivity contribution in [3.05, 3.63) is 0 Å². The first kappa shape index (κ1) is 7.28. The fourth-order valence-corrected chi connectivity index (χ4v) is 6.69. The summed E-state index contributed by atoms with van der Waals surface area (Å²) in [4.78, 5) is 0. The van der Waals surface area contributed by atoms with Crippen LogP contribution in [0.1, 0.15) is 0 Å². The Morgan fingerprint density at radius 1 is 1.40 bits per heavy atom. The van der Waals surface area contributed by atoms with Crippen LogP contribution in [0.4, 0.5) is 0 Å². The molecule has 0 aliphatic carbocycles. The lowest BCUT2D eigenvalue weighted by molar-refractivity contribution is 0.0529. The minimum absolute atomic E-state index is 0.335. The SMILES string of the molecule is O[C@@H]1[C@H](O)C[S+]2CCS[C@@H]12. The van der Waals surface area contributed by atoms with E-state index in [1.807, 2.05) is 11.8 Å². The molecule has 0 radical (unpaired) electrons. The number of fused-ring (bicyclic) bond motifs is 1. The highest BCUT2D eigenvalue weighted by Crippen LogP contribution is 2.37. The maximum absolute atomic E-state index is 9.40. The van der Waals surface area contributed by atoms with Gasteiger partial charge in [-0.15, -0.1) is 0 Å². The van der Waals surface area contributed by atoms with Crippen molar-refractivity contribution in [2.75, 3.05) is 17.3 Å². The van der Waals surface area contributed by atoms with Gasteiger partial charge in [-0.1, -0.05) is 11.8 Å². The highest BCUT2D eigenvalue weighted by atomic mass is 32.2. The van der Waals surface area contributed by atoms with E-state index in [2.05, 4.69) is 0 Å². The summed E-state index contributed by atoms with van der Waals surface area (Å²) >= 11 is 1.83. The number of hydrogen-bond donors (Lipinski definition) is 2. The quantitative estimate of drug-likeness (QED) is 0.489. The van der Waals surface area contributed by atoms with Gasteiger partial charge in [-0.2, -0.15) is 0 Å². The summed E-state index contributed by atoms with van der Waals surface area (Å²) in [5.74, 6) is 3.24. The van der Waals surface area contributed by atoms with E-state index in [9.17, 15) is 10.2 Å². The van der Waals surface area contributed by atoms with Crippen LogP contribution < -0.4 is 0 Å². The molecule has 0 saturated carbocycles. The lowest BCUT2D eigenvalue weighted by Gasteiger charge is -2.05. The van der Waals surface area contributed by atoms with Gasteiger partial charge < -0.3 is 10.2 Å². The second-order valence-corrected chi connectivity index (χ2v) is 6.58. The second-order valence-electron chi connectivity index (χ2n) is 2.71. The molecular weight excluding hydrogens is 168 g/mol. The van der Waals surface area contributed by atoms with Gasteiger partial charge in [-0.25, -0.2) is 0 Å². The average Bonchev–Trinajstić information content (AvgIpc) is 2.41. The molecule has 0 aromatic heterocycles. The van der Waals surface area contributed by atoms with Crippen molar-refractivity contribution in [1.29, 1.82) is 0 Å². The van der Waals surface area contributed by atoms with Crippen LogP contribution in [0.2, 0.25) is 0 Å². The predicted molar refractivity (Wildman–Crippen MR) is 45.4 cm³/mol. The Hall–Kier alpha value is 0.620. The second kappa shape index (κ2) is 2.59. The molecule has 58 valence electrons. The summed E-state index contributed by atoms with van der Waals surface area (Å²) in [6.45, 7) is 0. The first-order chi connectivity index (χ1) is 4.79. The zero-order valence-corrected chi connectivity index (χ0v) is 7.20. The molecule has 10 heavy (non-hydrogen) atoms. The smallest absolute Gasteiger partial charge is 0.192 e. The fraction of sp³-hybridized carbons (Fsp3) is 1.00. The molecule has 4 heteroatoms. The third kappa shape index (κ3) is 0.978. The molecule has 2 saturated heterocycles. The normalized spacial score (nSPS) is 53.4. The van der Waals surface area contributed by atoms with E-state index in [-0.39, 0.29) is 0 Å². The molecule has 2 rings (SSSR count). The van der Waals surface area contributed by atoms with Crippen molar-refractivity contribution in [3.8, 4) is 0 Å². The number of aliphatic hydroxyl groups is 2. The van der Waals surface area contributed by atoms with Crippen LogP contribution in [0.5, 0.6) is 0 Å². The number of thioether (sulfide) groups is 1. The van der Waals surface area contributed by atoms with Gasteiger partial charge in [-0.05, 0) is 0 Å². The van der Waals surface area contributed by atoms with Gasteiger partial charge in [-0.3, -0.25) is 0 Å². The maximum Gasteiger partial charge on any atom is 0.192 e. The minimum Gasteiger partial charge on any atom is -0.385 e. The summed E-state index contributed by atoms with van der Waals surface area (Å²) in [5.41, 5.74) is 0. The molecule has 2 nitrogen and oxygen atoms in total. The van der Waals surface area contributed by atoms with Crippen LogP contribution in [0.25, 0.3) is 0 Å². The zero-order valence-electron chi connectivity index (χ0n) is 5.56. The highest BCUT2D eigenvalue weighted by molar-refractivity contribution is 8.19. The third-order valence-electron chi connectivity index (χ3n) is 2.01. The molecule has 0 spiro atoms. The van der Waals surface area contributed by atoms with Crippen molar-refractivity contribution in [3.63, 3.8) is 0 Å². The molecule has 0 bridgehead atoms. The lowest BCUT2D eigenvalue weighted by atomic mass is 10.3. The molecule has 2 fully saturated rings. The van der Waals surface area contributed by atoms with E-state index < -0.39 is 12.2 Å². The minimum atomic E-state index is -0.434. The molecule has 0 amide bonds. The fourth-order valence-electron chi connectivity index (χ4n) is 1.46. The Balaban J connectivity index is 2.09. The molecule has 4 atom stereocenters. The Labute approximate surface area is 67.4 Å². The first-order valence-electron chi connectivity index (χ1n) is 3.43. The Bertz CT molecular complexity index is 140. The summed E-state index contributed by atoms with van der Waals surface area (Å²) < 4.78 is 0.370. The van der Waals surface area contributed by atoms with E-state index in [0.717, 1.165) is 5.75 Å². The summed E-state index contributed by atoms with van der Waals surface area (Å²) in [6.07, 6.45) is -0.864. The molecule has 2 aliphatic rings. The van der Waals surface area contributed by atoms with Crippen molar-refractivity contribution >= 4 is 22.7 Å². The first-order valence-corrected chi connectivity index (χ1v) is 6.10.